The van der Waals surface area contributed by atoms with Crippen LogP contribution in [0.25, 0.3) is 0 Å². The van der Waals surface area contributed by atoms with Gasteiger partial charge in [0.1, 0.15) is 6.04 Å². The fraction of sp³-hybridized carbons (Fsp3) is 0.517. The Morgan fingerprint density at radius 1 is 0.838 bits per heavy atom. The number of carbonyl (C=O) groups is 2. The average Bonchev–Trinajstić information content (AvgIpc) is 2.90. The van der Waals surface area contributed by atoms with Crippen molar-refractivity contribution in [1.29, 1.82) is 0 Å². The van der Waals surface area contributed by atoms with Crippen molar-refractivity contribution in [2.75, 3.05) is 6.54 Å². The van der Waals surface area contributed by atoms with Gasteiger partial charge in [0.05, 0.1) is 4.90 Å². The van der Waals surface area contributed by atoms with Gasteiger partial charge in [-0.2, -0.15) is 4.31 Å². The topological polar surface area (TPSA) is 104 Å². The molecule has 0 heterocycles. The number of hydrogen-bond donors (Lipinski definition) is 2. The Morgan fingerprint density at radius 2 is 1.43 bits per heavy atom. The monoisotopic (exact) mass is 530 g/mol. The second-order valence-electron chi connectivity index (χ2n) is 9.46. The molecule has 1 amide bonds. The van der Waals surface area contributed by atoms with E-state index in [2.05, 4.69) is 12.2 Å². The highest BCUT2D eigenvalue weighted by Gasteiger charge is 2.25. The molecule has 0 spiro atoms. The molecule has 1 unspecified atom stereocenters. The molecule has 2 rings (SSSR count). The zero-order valence-corrected chi connectivity index (χ0v) is 22.8. The highest BCUT2D eigenvalue weighted by molar-refractivity contribution is 7.89. The zero-order chi connectivity index (χ0) is 26.9. The summed E-state index contributed by atoms with van der Waals surface area (Å²) in [7, 11) is -3.71. The van der Waals surface area contributed by atoms with Crippen molar-refractivity contribution >= 4 is 21.9 Å². The first-order valence-electron chi connectivity index (χ1n) is 13.5. The van der Waals surface area contributed by atoms with Gasteiger partial charge in [0.15, 0.2) is 0 Å². The second kappa shape index (κ2) is 16.9. The van der Waals surface area contributed by atoms with Crippen LogP contribution in [0.4, 0.5) is 0 Å². The number of nitrogens with one attached hydrogen (secondary N) is 1. The third-order valence-electron chi connectivity index (χ3n) is 6.37. The molecule has 8 heteroatoms. The number of benzene rings is 2. The molecule has 0 aliphatic heterocycles. The van der Waals surface area contributed by atoms with Crippen LogP contribution in [-0.2, 0) is 26.2 Å². The van der Waals surface area contributed by atoms with Crippen molar-refractivity contribution < 1.29 is 23.1 Å². The van der Waals surface area contributed by atoms with Gasteiger partial charge in [0.2, 0.25) is 15.9 Å². The van der Waals surface area contributed by atoms with E-state index in [-0.39, 0.29) is 30.3 Å². The molecule has 0 bridgehead atoms. The van der Waals surface area contributed by atoms with Crippen LogP contribution in [0.5, 0.6) is 0 Å². The van der Waals surface area contributed by atoms with Gasteiger partial charge in [-0.05, 0) is 43.4 Å². The number of unbranched alkanes of at least 4 members (excludes halogenated alkanes) is 7. The minimum absolute atomic E-state index is 0.229. The number of sulfonamides is 1. The summed E-state index contributed by atoms with van der Waals surface area (Å²) in [6.07, 6.45) is 9.21. The van der Waals surface area contributed by atoms with Gasteiger partial charge in [-0.1, -0.05) is 94.0 Å². The molecule has 0 aromatic heterocycles. The number of amides is 1. The van der Waals surface area contributed by atoms with E-state index in [1.165, 1.54) is 30.0 Å². The third-order valence-corrected chi connectivity index (χ3v) is 8.23. The lowest BCUT2D eigenvalue weighted by atomic mass is 10.1. The van der Waals surface area contributed by atoms with Gasteiger partial charge in [-0.3, -0.25) is 4.79 Å². The van der Waals surface area contributed by atoms with Crippen molar-refractivity contribution in [1.82, 2.24) is 9.62 Å². The van der Waals surface area contributed by atoms with Crippen LogP contribution in [0.1, 0.15) is 83.1 Å². The molecular weight excluding hydrogens is 488 g/mol. The largest absolute Gasteiger partial charge is 0.480 e. The maximum Gasteiger partial charge on any atom is 0.326 e. The van der Waals surface area contributed by atoms with Crippen LogP contribution in [-0.4, -0.2) is 42.3 Å². The Kier molecular flexibility index (Phi) is 14.0. The summed E-state index contributed by atoms with van der Waals surface area (Å²) >= 11 is 0. The van der Waals surface area contributed by atoms with Gasteiger partial charge >= 0.3 is 5.97 Å². The maximum absolute atomic E-state index is 13.3. The summed E-state index contributed by atoms with van der Waals surface area (Å²) in [5.74, 6) is -1.30. The molecule has 7 nitrogen and oxygen atoms in total. The Hall–Kier alpha value is -2.71. The van der Waals surface area contributed by atoms with Crippen molar-refractivity contribution in [2.45, 2.75) is 95.0 Å². The van der Waals surface area contributed by atoms with Crippen molar-refractivity contribution in [2.24, 2.45) is 0 Å². The summed E-state index contributed by atoms with van der Waals surface area (Å²) in [6.45, 7) is 2.66. The average molecular weight is 531 g/mol. The van der Waals surface area contributed by atoms with E-state index >= 15 is 0 Å². The standard InChI is InChI=1S/C29H42N2O5S/c1-2-3-4-5-6-7-14-22-28(32)30-27(29(33)34)21-15-16-23-31(24-25-17-10-8-11-18-25)37(35,36)26-19-12-9-13-20-26/h8-13,17-20,27H,2-7,14-16,21-24H2,1H3,(H,30,32)(H,33,34). The van der Waals surface area contributed by atoms with Crippen LogP contribution < -0.4 is 5.32 Å². The van der Waals surface area contributed by atoms with E-state index in [0.29, 0.717) is 19.3 Å². The van der Waals surface area contributed by atoms with E-state index in [4.69, 9.17) is 0 Å². The van der Waals surface area contributed by atoms with Crippen molar-refractivity contribution in [3.8, 4) is 0 Å². The molecule has 204 valence electrons. The number of aliphatic carboxylic acids is 1. The van der Waals surface area contributed by atoms with Crippen LogP contribution in [0, 0.1) is 0 Å². The van der Waals surface area contributed by atoms with E-state index in [1.807, 2.05) is 30.3 Å². The molecule has 0 aliphatic rings. The highest BCUT2D eigenvalue weighted by atomic mass is 32.2. The van der Waals surface area contributed by atoms with Crippen LogP contribution >= 0.6 is 0 Å². The van der Waals surface area contributed by atoms with Crippen LogP contribution in [0.3, 0.4) is 0 Å². The first-order chi connectivity index (χ1) is 17.8. The van der Waals surface area contributed by atoms with Crippen molar-refractivity contribution in [3.63, 3.8) is 0 Å². The Morgan fingerprint density at radius 3 is 2.05 bits per heavy atom. The molecule has 1 atom stereocenters. The van der Waals surface area contributed by atoms with Gasteiger partial charge < -0.3 is 10.4 Å². The minimum atomic E-state index is -3.71. The predicted molar refractivity (Wildman–Crippen MR) is 147 cm³/mol. The molecule has 0 aliphatic carbocycles. The summed E-state index contributed by atoms with van der Waals surface area (Å²) in [5, 5.41) is 12.2. The van der Waals surface area contributed by atoms with Crippen molar-refractivity contribution in [3.05, 3.63) is 66.2 Å². The van der Waals surface area contributed by atoms with Gasteiger partial charge in [0.25, 0.3) is 0 Å². The Balaban J connectivity index is 1.86. The fourth-order valence-corrected chi connectivity index (χ4v) is 5.70. The molecule has 0 fully saturated rings. The lowest BCUT2D eigenvalue weighted by Crippen LogP contribution is -2.40. The predicted octanol–water partition coefficient (Wildman–Crippen LogP) is 5.76. The molecule has 0 saturated carbocycles. The van der Waals surface area contributed by atoms with E-state index < -0.39 is 22.0 Å². The SMILES string of the molecule is CCCCCCCCCC(=O)NC(CCCCN(Cc1ccccc1)S(=O)(=O)c1ccccc1)C(=O)O. The second-order valence-corrected chi connectivity index (χ2v) is 11.4. The Labute approximate surface area is 222 Å². The molecule has 2 aromatic rings. The molecule has 37 heavy (non-hydrogen) atoms. The summed E-state index contributed by atoms with van der Waals surface area (Å²) in [4.78, 5) is 24.2. The Bertz CT molecular complexity index is 1030. The summed E-state index contributed by atoms with van der Waals surface area (Å²) in [6, 6.07) is 16.7. The van der Waals surface area contributed by atoms with E-state index in [9.17, 15) is 23.1 Å². The lowest BCUT2D eigenvalue weighted by molar-refractivity contribution is -0.142. The van der Waals surface area contributed by atoms with Crippen LogP contribution in [0.15, 0.2) is 65.6 Å². The summed E-state index contributed by atoms with van der Waals surface area (Å²) in [5.41, 5.74) is 0.878. The third kappa shape index (κ3) is 11.5. The number of hydrogen-bond acceptors (Lipinski definition) is 4. The number of carboxylic acid groups (broad SMARTS) is 1. The van der Waals surface area contributed by atoms with E-state index in [1.54, 1.807) is 30.3 Å². The van der Waals surface area contributed by atoms with Crippen LogP contribution in [0.2, 0.25) is 0 Å². The molecule has 0 radical (unpaired) electrons. The zero-order valence-electron chi connectivity index (χ0n) is 22.0. The van der Waals surface area contributed by atoms with Gasteiger partial charge in [-0.15, -0.1) is 0 Å². The minimum Gasteiger partial charge on any atom is -0.480 e. The first kappa shape index (κ1) is 30.5. The molecular formula is C29H42N2O5S. The summed E-state index contributed by atoms with van der Waals surface area (Å²) < 4.78 is 28.0. The quantitative estimate of drug-likeness (QED) is 0.225. The van der Waals surface area contributed by atoms with Gasteiger partial charge in [-0.25, -0.2) is 13.2 Å². The number of nitrogens with zero attached hydrogens (tertiary/aromatic N) is 1. The molecule has 0 saturated heterocycles. The first-order valence-corrected chi connectivity index (χ1v) is 14.9. The maximum atomic E-state index is 13.3. The normalized spacial score (nSPS) is 12.4. The highest BCUT2D eigenvalue weighted by Crippen LogP contribution is 2.19. The molecule has 2 N–H and O–H groups in total. The number of carbonyl (C=O) groups excluding carboxylic acids is 1. The fourth-order valence-electron chi connectivity index (χ4n) is 4.22. The van der Waals surface area contributed by atoms with Gasteiger partial charge in [0, 0.05) is 19.5 Å². The number of carboxylic acids is 1. The van der Waals surface area contributed by atoms with E-state index in [0.717, 1.165) is 24.8 Å². The number of rotatable bonds is 19. The molecule has 2 aromatic carbocycles. The smallest absolute Gasteiger partial charge is 0.326 e. The lowest BCUT2D eigenvalue weighted by Gasteiger charge is -2.23.